The van der Waals surface area contributed by atoms with Gasteiger partial charge in [-0.25, -0.2) is 4.39 Å². The molecule has 0 aliphatic carbocycles. The Hall–Kier alpha value is -2.12. The number of rotatable bonds is 4. The number of halogens is 5. The molecule has 0 spiro atoms. The second-order valence-electron chi connectivity index (χ2n) is 5.54. The molecule has 0 aliphatic rings. The Balaban J connectivity index is 2.12. The Labute approximate surface area is 145 Å². The standard InChI is InChI=1S/C17H13ClF4N2O/c18-14-8-12(19)3-1-10(14)9-24-16-7-11(17(20,21)22)2-4-13(16)15(23-24)5-6-25/h1-4,7-8,25H,5-6,9H2. The molecule has 0 atom stereocenters. The van der Waals surface area contributed by atoms with Crippen LogP contribution >= 0.6 is 11.6 Å². The summed E-state index contributed by atoms with van der Waals surface area (Å²) in [5.74, 6) is -0.501. The van der Waals surface area contributed by atoms with Crippen molar-refractivity contribution in [1.82, 2.24) is 9.78 Å². The third kappa shape index (κ3) is 3.62. The number of nitrogens with zero attached hydrogens (tertiary/aromatic N) is 2. The van der Waals surface area contributed by atoms with Crippen LogP contribution in [0.25, 0.3) is 10.9 Å². The fraction of sp³-hybridized carbons (Fsp3) is 0.235. The molecule has 1 aromatic heterocycles. The first-order valence-electron chi connectivity index (χ1n) is 7.41. The maximum atomic E-state index is 13.2. The van der Waals surface area contributed by atoms with Gasteiger partial charge in [0.05, 0.1) is 23.3 Å². The number of fused-ring (bicyclic) bond motifs is 1. The van der Waals surface area contributed by atoms with E-state index >= 15 is 0 Å². The number of hydrogen-bond donors (Lipinski definition) is 1. The molecule has 0 radical (unpaired) electrons. The molecule has 1 N–H and O–H groups in total. The minimum absolute atomic E-state index is 0.0857. The summed E-state index contributed by atoms with van der Waals surface area (Å²) in [6.45, 7) is -0.0905. The van der Waals surface area contributed by atoms with Gasteiger partial charge in [-0.3, -0.25) is 4.68 Å². The summed E-state index contributed by atoms with van der Waals surface area (Å²) in [6.07, 6.45) is -4.26. The first-order valence-corrected chi connectivity index (χ1v) is 7.79. The van der Waals surface area contributed by atoms with Crippen LogP contribution in [0.2, 0.25) is 5.02 Å². The number of aliphatic hydroxyl groups excluding tert-OH is 1. The van der Waals surface area contributed by atoms with E-state index in [-0.39, 0.29) is 30.1 Å². The molecule has 0 aliphatic heterocycles. The number of alkyl halides is 3. The van der Waals surface area contributed by atoms with Gasteiger partial charge in [0.25, 0.3) is 0 Å². The van der Waals surface area contributed by atoms with E-state index in [1.165, 1.54) is 22.9 Å². The molecule has 0 bridgehead atoms. The predicted octanol–water partition coefficient (Wildman–Crippen LogP) is 4.43. The lowest BCUT2D eigenvalue weighted by Gasteiger charge is -2.09. The largest absolute Gasteiger partial charge is 0.416 e. The average molecular weight is 373 g/mol. The molecule has 2 aromatic carbocycles. The molecule has 132 valence electrons. The molecule has 3 nitrogen and oxygen atoms in total. The van der Waals surface area contributed by atoms with Crippen molar-refractivity contribution < 1.29 is 22.7 Å². The van der Waals surface area contributed by atoms with Gasteiger partial charge in [0.2, 0.25) is 0 Å². The summed E-state index contributed by atoms with van der Waals surface area (Å²) >= 11 is 6.00. The van der Waals surface area contributed by atoms with Gasteiger partial charge in [-0.15, -0.1) is 0 Å². The van der Waals surface area contributed by atoms with Crippen molar-refractivity contribution >= 4 is 22.5 Å². The van der Waals surface area contributed by atoms with Crippen LogP contribution in [0.4, 0.5) is 17.6 Å². The summed E-state index contributed by atoms with van der Waals surface area (Å²) < 4.78 is 53.6. The predicted molar refractivity (Wildman–Crippen MR) is 86.0 cm³/mol. The van der Waals surface area contributed by atoms with E-state index in [4.69, 9.17) is 16.7 Å². The number of hydrogen-bond acceptors (Lipinski definition) is 2. The molecule has 0 saturated heterocycles. The van der Waals surface area contributed by atoms with Crippen LogP contribution in [0.1, 0.15) is 16.8 Å². The highest BCUT2D eigenvalue weighted by Crippen LogP contribution is 2.33. The Bertz CT molecular complexity index is 921. The van der Waals surface area contributed by atoms with Gasteiger partial charge in [-0.2, -0.15) is 18.3 Å². The van der Waals surface area contributed by atoms with Crippen LogP contribution in [0, 0.1) is 5.82 Å². The number of aliphatic hydroxyl groups is 1. The Morgan fingerprint density at radius 3 is 2.52 bits per heavy atom. The van der Waals surface area contributed by atoms with E-state index in [0.717, 1.165) is 18.2 Å². The van der Waals surface area contributed by atoms with E-state index in [0.29, 0.717) is 16.6 Å². The minimum atomic E-state index is -4.48. The fourth-order valence-corrected chi connectivity index (χ4v) is 2.87. The Kier molecular flexibility index (Phi) is 4.71. The highest BCUT2D eigenvalue weighted by atomic mass is 35.5. The molecule has 8 heteroatoms. The van der Waals surface area contributed by atoms with Crippen molar-refractivity contribution in [2.24, 2.45) is 0 Å². The van der Waals surface area contributed by atoms with Crippen molar-refractivity contribution in [3.8, 4) is 0 Å². The maximum Gasteiger partial charge on any atom is 0.416 e. The zero-order chi connectivity index (χ0) is 18.2. The lowest BCUT2D eigenvalue weighted by Crippen LogP contribution is -2.06. The molecule has 0 saturated carbocycles. The van der Waals surface area contributed by atoms with Crippen molar-refractivity contribution in [2.75, 3.05) is 6.61 Å². The van der Waals surface area contributed by atoms with E-state index < -0.39 is 17.6 Å². The van der Waals surface area contributed by atoms with Gasteiger partial charge in [0.15, 0.2) is 0 Å². The molecule has 3 rings (SSSR count). The molecule has 0 unspecified atom stereocenters. The van der Waals surface area contributed by atoms with Crippen LogP contribution in [0.15, 0.2) is 36.4 Å². The highest BCUT2D eigenvalue weighted by Gasteiger charge is 2.31. The molecule has 0 amide bonds. The normalized spacial score (nSPS) is 12.1. The summed E-state index contributed by atoms with van der Waals surface area (Å²) in [4.78, 5) is 0. The number of aromatic nitrogens is 2. The van der Waals surface area contributed by atoms with Crippen LogP contribution in [0.3, 0.4) is 0 Å². The zero-order valence-electron chi connectivity index (χ0n) is 12.8. The van der Waals surface area contributed by atoms with E-state index in [2.05, 4.69) is 5.10 Å². The van der Waals surface area contributed by atoms with Gasteiger partial charge in [0.1, 0.15) is 5.82 Å². The quantitative estimate of drug-likeness (QED) is 0.688. The minimum Gasteiger partial charge on any atom is -0.396 e. The summed E-state index contributed by atoms with van der Waals surface area (Å²) in [7, 11) is 0. The van der Waals surface area contributed by atoms with E-state index in [1.54, 1.807) is 0 Å². The Morgan fingerprint density at radius 2 is 1.88 bits per heavy atom. The number of benzene rings is 2. The fourth-order valence-electron chi connectivity index (χ4n) is 2.64. The Morgan fingerprint density at radius 1 is 1.12 bits per heavy atom. The first kappa shape index (κ1) is 17.7. The van der Waals surface area contributed by atoms with Gasteiger partial charge in [-0.05, 0) is 29.8 Å². The molecular weight excluding hydrogens is 360 g/mol. The SMILES string of the molecule is OCCc1nn(Cc2ccc(F)cc2Cl)c2cc(C(F)(F)F)ccc12. The third-order valence-electron chi connectivity index (χ3n) is 3.84. The van der Waals surface area contributed by atoms with Crippen molar-refractivity contribution in [2.45, 2.75) is 19.1 Å². The van der Waals surface area contributed by atoms with E-state index in [9.17, 15) is 17.6 Å². The van der Waals surface area contributed by atoms with Crippen molar-refractivity contribution in [1.29, 1.82) is 0 Å². The van der Waals surface area contributed by atoms with Crippen LogP contribution in [0.5, 0.6) is 0 Å². The van der Waals surface area contributed by atoms with Gasteiger partial charge < -0.3 is 5.11 Å². The van der Waals surface area contributed by atoms with E-state index in [1.807, 2.05) is 0 Å². The second-order valence-corrected chi connectivity index (χ2v) is 5.95. The molecule has 0 fully saturated rings. The molecular formula is C17H13ClF4N2O. The van der Waals surface area contributed by atoms with Gasteiger partial charge in [-0.1, -0.05) is 23.7 Å². The van der Waals surface area contributed by atoms with Gasteiger partial charge >= 0.3 is 6.18 Å². The maximum absolute atomic E-state index is 13.2. The lowest BCUT2D eigenvalue weighted by atomic mass is 10.1. The highest BCUT2D eigenvalue weighted by molar-refractivity contribution is 6.31. The zero-order valence-corrected chi connectivity index (χ0v) is 13.6. The van der Waals surface area contributed by atoms with Crippen molar-refractivity contribution in [3.05, 3.63) is 64.1 Å². The van der Waals surface area contributed by atoms with Crippen LogP contribution < -0.4 is 0 Å². The molecule has 25 heavy (non-hydrogen) atoms. The molecule has 3 aromatic rings. The summed E-state index contributed by atoms with van der Waals surface area (Å²) in [5.41, 5.74) is 0.505. The van der Waals surface area contributed by atoms with Crippen LogP contribution in [-0.4, -0.2) is 21.5 Å². The summed E-state index contributed by atoms with van der Waals surface area (Å²) in [5, 5.41) is 14.1. The smallest absolute Gasteiger partial charge is 0.396 e. The topological polar surface area (TPSA) is 38.1 Å². The average Bonchev–Trinajstić information content (AvgIpc) is 2.87. The van der Waals surface area contributed by atoms with Gasteiger partial charge in [0, 0.05) is 23.4 Å². The molecule has 1 heterocycles. The first-order chi connectivity index (χ1) is 11.8. The van der Waals surface area contributed by atoms with Crippen molar-refractivity contribution in [3.63, 3.8) is 0 Å². The summed E-state index contributed by atoms with van der Waals surface area (Å²) in [6, 6.07) is 7.17. The van der Waals surface area contributed by atoms with Crippen LogP contribution in [-0.2, 0) is 19.1 Å². The second kappa shape index (κ2) is 6.65. The lowest BCUT2D eigenvalue weighted by molar-refractivity contribution is -0.137. The third-order valence-corrected chi connectivity index (χ3v) is 4.19. The monoisotopic (exact) mass is 372 g/mol.